The third-order valence-electron chi connectivity index (χ3n) is 7.22. The van der Waals surface area contributed by atoms with Crippen molar-refractivity contribution in [3.8, 4) is 0 Å². The molecule has 2 aliphatic rings. The highest BCUT2D eigenvalue weighted by Crippen LogP contribution is 2.38. The van der Waals surface area contributed by atoms with Gasteiger partial charge in [-0.15, -0.1) is 0 Å². The van der Waals surface area contributed by atoms with E-state index in [4.69, 9.17) is 16.3 Å². The fraction of sp³-hybridized carbons (Fsp3) is 0.423. The number of aromatic nitrogens is 2. The highest BCUT2D eigenvalue weighted by Gasteiger charge is 2.45. The first-order valence-corrected chi connectivity index (χ1v) is 12.1. The van der Waals surface area contributed by atoms with Gasteiger partial charge in [0.25, 0.3) is 0 Å². The smallest absolute Gasteiger partial charge is 0.231 e. The quantitative estimate of drug-likeness (QED) is 0.577. The zero-order chi connectivity index (χ0) is 23.7. The molecule has 2 unspecified atom stereocenters. The zero-order valence-corrected chi connectivity index (χ0v) is 20.0. The van der Waals surface area contributed by atoms with Crippen LogP contribution in [0.3, 0.4) is 0 Å². The van der Waals surface area contributed by atoms with Crippen LogP contribution in [-0.4, -0.2) is 63.8 Å². The Morgan fingerprint density at radius 3 is 2.76 bits per heavy atom. The van der Waals surface area contributed by atoms with E-state index in [0.29, 0.717) is 30.6 Å². The number of piperidine rings is 1. The van der Waals surface area contributed by atoms with E-state index in [0.717, 1.165) is 47.3 Å². The second-order valence-electron chi connectivity index (χ2n) is 9.49. The molecular formula is C26H29ClN4O3. The monoisotopic (exact) mass is 480 g/mol. The van der Waals surface area contributed by atoms with Gasteiger partial charge in [-0.05, 0) is 80.1 Å². The van der Waals surface area contributed by atoms with Crippen LogP contribution in [0.4, 0.5) is 5.82 Å². The van der Waals surface area contributed by atoms with Gasteiger partial charge in [0.2, 0.25) is 5.91 Å². The number of pyridine rings is 2. The molecule has 0 radical (unpaired) electrons. The Labute approximate surface area is 204 Å². The predicted octanol–water partition coefficient (Wildman–Crippen LogP) is 3.79. The fourth-order valence-electron chi connectivity index (χ4n) is 5.08. The SMILES string of the molecule is CC1(N2CCC(c3cc4cc(NC(=O)Cc5ccccn5)ncc4cc3Cl)CC2)COCC1O. The number of rotatable bonds is 5. The Morgan fingerprint density at radius 2 is 2.06 bits per heavy atom. The van der Waals surface area contributed by atoms with E-state index >= 15 is 0 Å². The highest BCUT2D eigenvalue weighted by molar-refractivity contribution is 6.32. The summed E-state index contributed by atoms with van der Waals surface area (Å²) in [5.41, 5.74) is 1.53. The zero-order valence-electron chi connectivity index (χ0n) is 19.2. The van der Waals surface area contributed by atoms with Crippen LogP contribution in [0.25, 0.3) is 10.8 Å². The van der Waals surface area contributed by atoms with Crippen molar-refractivity contribution in [3.63, 3.8) is 0 Å². The van der Waals surface area contributed by atoms with Crippen molar-refractivity contribution < 1.29 is 14.6 Å². The summed E-state index contributed by atoms with van der Waals surface area (Å²) in [5, 5.41) is 15.9. The van der Waals surface area contributed by atoms with E-state index < -0.39 is 6.10 Å². The summed E-state index contributed by atoms with van der Waals surface area (Å²) in [4.78, 5) is 23.4. The number of halogens is 1. The van der Waals surface area contributed by atoms with Gasteiger partial charge < -0.3 is 15.2 Å². The molecule has 2 N–H and O–H groups in total. The van der Waals surface area contributed by atoms with Gasteiger partial charge in [0, 0.05) is 28.5 Å². The summed E-state index contributed by atoms with van der Waals surface area (Å²) in [6, 6.07) is 11.5. The number of aliphatic hydroxyl groups excluding tert-OH is 1. The van der Waals surface area contributed by atoms with Gasteiger partial charge in [0.05, 0.1) is 31.3 Å². The second kappa shape index (κ2) is 9.58. The molecule has 34 heavy (non-hydrogen) atoms. The molecular weight excluding hydrogens is 452 g/mol. The third-order valence-corrected chi connectivity index (χ3v) is 7.54. The van der Waals surface area contributed by atoms with Crippen LogP contribution in [0.1, 0.15) is 36.9 Å². The van der Waals surface area contributed by atoms with Crippen molar-refractivity contribution in [2.75, 3.05) is 31.6 Å². The maximum absolute atomic E-state index is 12.4. The van der Waals surface area contributed by atoms with Crippen molar-refractivity contribution in [2.45, 2.75) is 43.7 Å². The van der Waals surface area contributed by atoms with Crippen molar-refractivity contribution in [1.82, 2.24) is 14.9 Å². The molecule has 7 nitrogen and oxygen atoms in total. The minimum absolute atomic E-state index is 0.154. The molecule has 2 aliphatic heterocycles. The molecule has 5 rings (SSSR count). The maximum atomic E-state index is 12.4. The van der Waals surface area contributed by atoms with Crippen molar-refractivity contribution in [2.24, 2.45) is 0 Å². The number of hydrogen-bond acceptors (Lipinski definition) is 6. The molecule has 0 bridgehead atoms. The summed E-state index contributed by atoms with van der Waals surface area (Å²) < 4.78 is 5.52. The third kappa shape index (κ3) is 4.66. The van der Waals surface area contributed by atoms with Crippen LogP contribution in [0.2, 0.25) is 5.02 Å². The largest absolute Gasteiger partial charge is 0.389 e. The number of ether oxygens (including phenoxy) is 1. The molecule has 0 spiro atoms. The minimum atomic E-state index is -0.452. The first-order valence-electron chi connectivity index (χ1n) is 11.7. The Balaban J connectivity index is 1.30. The number of nitrogens with zero attached hydrogens (tertiary/aromatic N) is 3. The molecule has 2 fully saturated rings. The van der Waals surface area contributed by atoms with Crippen molar-refractivity contribution in [3.05, 3.63) is 65.1 Å². The first-order chi connectivity index (χ1) is 16.4. The molecule has 8 heteroatoms. The lowest BCUT2D eigenvalue weighted by Gasteiger charge is -2.43. The van der Waals surface area contributed by atoms with Gasteiger partial charge in [0.1, 0.15) is 5.82 Å². The van der Waals surface area contributed by atoms with Crippen LogP contribution < -0.4 is 5.32 Å². The first kappa shape index (κ1) is 23.2. The Hall–Kier alpha value is -2.58. The summed E-state index contributed by atoms with van der Waals surface area (Å²) >= 11 is 6.69. The normalized spacial score (nSPS) is 23.9. The van der Waals surface area contributed by atoms with E-state index in [-0.39, 0.29) is 17.9 Å². The molecule has 1 aromatic carbocycles. The molecule has 1 amide bonds. The second-order valence-corrected chi connectivity index (χ2v) is 9.89. The molecule has 2 saturated heterocycles. The van der Waals surface area contributed by atoms with E-state index in [1.165, 1.54) is 0 Å². The van der Waals surface area contributed by atoms with Gasteiger partial charge in [-0.1, -0.05) is 17.7 Å². The fourth-order valence-corrected chi connectivity index (χ4v) is 5.40. The number of benzene rings is 1. The van der Waals surface area contributed by atoms with Crippen molar-refractivity contribution >= 4 is 34.1 Å². The lowest BCUT2D eigenvalue weighted by Crippen LogP contribution is -2.56. The van der Waals surface area contributed by atoms with E-state index in [1.807, 2.05) is 30.3 Å². The van der Waals surface area contributed by atoms with Crippen LogP contribution in [-0.2, 0) is 16.0 Å². The Bertz CT molecular complexity index is 1180. The molecule has 2 aromatic heterocycles. The summed E-state index contributed by atoms with van der Waals surface area (Å²) in [6.45, 7) is 4.84. The number of carbonyl (C=O) groups excluding carboxylic acids is 1. The lowest BCUT2D eigenvalue weighted by molar-refractivity contribution is -0.115. The number of likely N-dealkylation sites (tertiary alicyclic amines) is 1. The topological polar surface area (TPSA) is 87.6 Å². The van der Waals surface area contributed by atoms with Gasteiger partial charge >= 0.3 is 0 Å². The van der Waals surface area contributed by atoms with E-state index in [1.54, 1.807) is 12.4 Å². The van der Waals surface area contributed by atoms with E-state index in [9.17, 15) is 9.90 Å². The standard InChI is InChI=1S/C26H29ClN4O3/c1-26(16-34-15-23(26)32)31-8-5-17(6-9-31)21-10-18-12-24(29-14-19(18)11-22(21)27)30-25(33)13-20-4-2-3-7-28-20/h2-4,7,10-12,14,17,23,32H,5-6,8-9,13,15-16H2,1H3,(H,29,30,33). The summed E-state index contributed by atoms with van der Waals surface area (Å²) in [7, 11) is 0. The number of fused-ring (bicyclic) bond motifs is 1. The molecule has 0 aliphatic carbocycles. The number of hydrogen-bond donors (Lipinski definition) is 2. The Kier molecular flexibility index (Phi) is 6.53. The van der Waals surface area contributed by atoms with Crippen LogP contribution in [0.15, 0.2) is 48.8 Å². The van der Waals surface area contributed by atoms with Crippen LogP contribution in [0.5, 0.6) is 0 Å². The number of nitrogens with one attached hydrogen (secondary N) is 1. The molecule has 3 aromatic rings. The molecule has 4 heterocycles. The minimum Gasteiger partial charge on any atom is -0.389 e. The molecule has 0 saturated carbocycles. The molecule has 2 atom stereocenters. The van der Waals surface area contributed by atoms with E-state index in [2.05, 4.69) is 33.2 Å². The van der Waals surface area contributed by atoms with Crippen molar-refractivity contribution in [1.29, 1.82) is 0 Å². The number of carbonyl (C=O) groups is 1. The van der Waals surface area contributed by atoms with Gasteiger partial charge in [0.15, 0.2) is 0 Å². The number of aliphatic hydroxyl groups is 1. The van der Waals surface area contributed by atoms with Crippen LogP contribution in [0, 0.1) is 0 Å². The summed E-state index contributed by atoms with van der Waals surface area (Å²) in [6.07, 6.45) is 5.10. The predicted molar refractivity (Wildman–Crippen MR) is 132 cm³/mol. The van der Waals surface area contributed by atoms with Gasteiger partial charge in [-0.25, -0.2) is 4.98 Å². The number of amides is 1. The number of anilines is 1. The maximum Gasteiger partial charge on any atom is 0.231 e. The van der Waals surface area contributed by atoms with Gasteiger partial charge in [-0.3, -0.25) is 14.7 Å². The average molecular weight is 481 g/mol. The van der Waals surface area contributed by atoms with Gasteiger partial charge in [-0.2, -0.15) is 0 Å². The molecule has 178 valence electrons. The highest BCUT2D eigenvalue weighted by atomic mass is 35.5. The Morgan fingerprint density at radius 1 is 1.24 bits per heavy atom. The summed E-state index contributed by atoms with van der Waals surface area (Å²) in [5.74, 6) is 0.699. The average Bonchev–Trinajstić information content (AvgIpc) is 3.18. The van der Waals surface area contributed by atoms with Crippen LogP contribution >= 0.6 is 11.6 Å². The lowest BCUT2D eigenvalue weighted by atomic mass is 9.85.